The number of nitrogens with one attached hydrogen (secondary N) is 1. The number of amides is 1. The van der Waals surface area contributed by atoms with Gasteiger partial charge in [-0.3, -0.25) is 9.78 Å². The number of unbranched alkanes of at least 4 members (excludes halogenated alkanes) is 1. The fraction of sp³-hybridized carbons (Fsp3) is 0.250. The number of hydrogen-bond acceptors (Lipinski definition) is 5. The quantitative estimate of drug-likeness (QED) is 0.828. The average molecular weight is 296 g/mol. The van der Waals surface area contributed by atoms with Crippen LogP contribution >= 0.6 is 0 Å². The van der Waals surface area contributed by atoms with Gasteiger partial charge >= 0.3 is 0 Å². The minimum Gasteiger partial charge on any atom is -0.490 e. The number of anilines is 1. The molecule has 112 valence electrons. The monoisotopic (exact) mass is 296 g/mol. The topological polar surface area (TPSA) is 87.9 Å². The van der Waals surface area contributed by atoms with Crippen LogP contribution in [0.5, 0.6) is 5.75 Å². The van der Waals surface area contributed by atoms with Gasteiger partial charge in [0, 0.05) is 24.5 Å². The van der Waals surface area contributed by atoms with E-state index in [9.17, 15) is 4.79 Å². The van der Waals surface area contributed by atoms with Crippen molar-refractivity contribution < 1.29 is 9.53 Å². The molecule has 6 heteroatoms. The summed E-state index contributed by atoms with van der Waals surface area (Å²) in [5.74, 6) is 0.534. The lowest BCUT2D eigenvalue weighted by molar-refractivity contribution is 0.102. The molecule has 0 spiro atoms. The van der Waals surface area contributed by atoms with Crippen molar-refractivity contribution in [2.24, 2.45) is 0 Å². The second-order valence-electron chi connectivity index (χ2n) is 4.60. The van der Waals surface area contributed by atoms with Crippen molar-refractivity contribution in [3.05, 3.63) is 47.9 Å². The Morgan fingerprint density at radius 2 is 2.23 bits per heavy atom. The van der Waals surface area contributed by atoms with Crippen molar-refractivity contribution in [1.82, 2.24) is 9.97 Å². The molecule has 2 aromatic rings. The lowest BCUT2D eigenvalue weighted by atomic mass is 10.2. The third-order valence-electron chi connectivity index (χ3n) is 2.87. The SMILES string of the molecule is Cc1ccc(C(=O)Nc2ncccc2OCCCC#N)cn1. The van der Waals surface area contributed by atoms with E-state index >= 15 is 0 Å². The number of aryl methyl sites for hydroxylation is 1. The fourth-order valence-electron chi connectivity index (χ4n) is 1.72. The van der Waals surface area contributed by atoms with Crippen LogP contribution in [0.15, 0.2) is 36.7 Å². The highest BCUT2D eigenvalue weighted by Gasteiger charge is 2.11. The summed E-state index contributed by atoms with van der Waals surface area (Å²) in [5, 5.41) is 11.2. The predicted molar refractivity (Wildman–Crippen MR) is 81.5 cm³/mol. The first-order chi connectivity index (χ1) is 10.7. The lowest BCUT2D eigenvalue weighted by Gasteiger charge is -2.10. The predicted octanol–water partition coefficient (Wildman–Crippen LogP) is 2.72. The number of rotatable bonds is 6. The van der Waals surface area contributed by atoms with Crippen LogP contribution in [0.2, 0.25) is 0 Å². The molecule has 1 N–H and O–H groups in total. The molecule has 0 unspecified atom stereocenters. The Morgan fingerprint density at radius 3 is 2.95 bits per heavy atom. The second-order valence-corrected chi connectivity index (χ2v) is 4.60. The zero-order chi connectivity index (χ0) is 15.8. The molecule has 22 heavy (non-hydrogen) atoms. The van der Waals surface area contributed by atoms with E-state index in [-0.39, 0.29) is 5.91 Å². The number of hydrogen-bond donors (Lipinski definition) is 1. The molecule has 0 aliphatic carbocycles. The molecule has 0 saturated heterocycles. The normalized spacial score (nSPS) is 9.82. The standard InChI is InChI=1S/C16H16N4O2/c1-12-6-7-13(11-19-12)16(21)20-15-14(5-4-9-18-15)22-10-3-2-8-17/h4-7,9,11H,2-3,10H2,1H3,(H,18,20,21). The van der Waals surface area contributed by atoms with Crippen LogP contribution in [0.3, 0.4) is 0 Å². The lowest BCUT2D eigenvalue weighted by Crippen LogP contribution is -2.14. The molecule has 0 radical (unpaired) electrons. The van der Waals surface area contributed by atoms with Crippen LogP contribution in [0.4, 0.5) is 5.82 Å². The highest BCUT2D eigenvalue weighted by Crippen LogP contribution is 2.21. The zero-order valence-corrected chi connectivity index (χ0v) is 12.2. The van der Waals surface area contributed by atoms with E-state index in [1.165, 1.54) is 6.20 Å². The summed E-state index contributed by atoms with van der Waals surface area (Å²) >= 11 is 0. The number of nitrogens with zero attached hydrogens (tertiary/aromatic N) is 3. The van der Waals surface area contributed by atoms with Gasteiger partial charge in [0.1, 0.15) is 0 Å². The minimum atomic E-state index is -0.298. The molecule has 0 aromatic carbocycles. The highest BCUT2D eigenvalue weighted by molar-refractivity contribution is 6.04. The summed E-state index contributed by atoms with van der Waals surface area (Å²) in [4.78, 5) is 20.4. The van der Waals surface area contributed by atoms with Gasteiger partial charge in [-0.2, -0.15) is 5.26 Å². The van der Waals surface area contributed by atoms with Crippen LogP contribution in [0.1, 0.15) is 28.9 Å². The molecule has 0 aliphatic heterocycles. The maximum absolute atomic E-state index is 12.2. The van der Waals surface area contributed by atoms with E-state index in [2.05, 4.69) is 21.4 Å². The van der Waals surface area contributed by atoms with Crippen LogP contribution in [-0.4, -0.2) is 22.5 Å². The van der Waals surface area contributed by atoms with E-state index in [1.807, 2.05) is 6.92 Å². The van der Waals surface area contributed by atoms with E-state index in [1.54, 1.807) is 30.5 Å². The van der Waals surface area contributed by atoms with Gasteiger partial charge in [0.2, 0.25) is 0 Å². The first kappa shape index (κ1) is 15.4. The van der Waals surface area contributed by atoms with Gasteiger partial charge in [0.05, 0.1) is 18.2 Å². The van der Waals surface area contributed by atoms with Crippen LogP contribution in [0.25, 0.3) is 0 Å². The Bertz CT molecular complexity index is 677. The highest BCUT2D eigenvalue weighted by atomic mass is 16.5. The van der Waals surface area contributed by atoms with Gasteiger partial charge in [-0.25, -0.2) is 4.98 Å². The molecule has 0 fully saturated rings. The Kier molecular flexibility index (Phi) is 5.44. The van der Waals surface area contributed by atoms with Crippen LogP contribution in [-0.2, 0) is 0 Å². The maximum atomic E-state index is 12.2. The summed E-state index contributed by atoms with van der Waals surface area (Å²) < 4.78 is 5.55. The Labute approximate surface area is 128 Å². The summed E-state index contributed by atoms with van der Waals surface area (Å²) in [6.07, 6.45) is 4.14. The average Bonchev–Trinajstić information content (AvgIpc) is 2.53. The Hall–Kier alpha value is -2.94. The summed E-state index contributed by atoms with van der Waals surface area (Å²) in [6, 6.07) is 8.98. The second kappa shape index (κ2) is 7.74. The minimum absolute atomic E-state index is 0.298. The smallest absolute Gasteiger partial charge is 0.258 e. The molecule has 6 nitrogen and oxygen atoms in total. The first-order valence-electron chi connectivity index (χ1n) is 6.89. The molecule has 2 rings (SSSR count). The maximum Gasteiger partial charge on any atom is 0.258 e. The molecule has 0 aliphatic rings. The third kappa shape index (κ3) is 4.28. The number of aromatic nitrogens is 2. The van der Waals surface area contributed by atoms with E-state index in [0.29, 0.717) is 36.6 Å². The molecule has 1 amide bonds. The van der Waals surface area contributed by atoms with Gasteiger partial charge in [-0.05, 0) is 37.6 Å². The summed E-state index contributed by atoms with van der Waals surface area (Å²) in [7, 11) is 0. The van der Waals surface area contributed by atoms with E-state index in [0.717, 1.165) is 5.69 Å². The molecule has 2 aromatic heterocycles. The Morgan fingerprint density at radius 1 is 1.36 bits per heavy atom. The van der Waals surface area contributed by atoms with Crippen molar-refractivity contribution in [3.63, 3.8) is 0 Å². The summed E-state index contributed by atoms with van der Waals surface area (Å²) in [6.45, 7) is 2.25. The van der Waals surface area contributed by atoms with Crippen LogP contribution in [0, 0.1) is 18.3 Å². The Balaban J connectivity index is 2.04. The largest absolute Gasteiger partial charge is 0.490 e. The van der Waals surface area contributed by atoms with Crippen molar-refractivity contribution >= 4 is 11.7 Å². The van der Waals surface area contributed by atoms with Crippen molar-refractivity contribution in [1.29, 1.82) is 5.26 Å². The number of carbonyl (C=O) groups excluding carboxylic acids is 1. The molecular formula is C16H16N4O2. The number of pyridine rings is 2. The molecular weight excluding hydrogens is 280 g/mol. The fourth-order valence-corrected chi connectivity index (χ4v) is 1.72. The van der Waals surface area contributed by atoms with Crippen molar-refractivity contribution in [2.45, 2.75) is 19.8 Å². The third-order valence-corrected chi connectivity index (χ3v) is 2.87. The van der Waals surface area contributed by atoms with Crippen molar-refractivity contribution in [3.8, 4) is 11.8 Å². The first-order valence-corrected chi connectivity index (χ1v) is 6.89. The van der Waals surface area contributed by atoms with Gasteiger partial charge in [-0.15, -0.1) is 0 Å². The van der Waals surface area contributed by atoms with Gasteiger partial charge in [-0.1, -0.05) is 0 Å². The van der Waals surface area contributed by atoms with E-state index in [4.69, 9.17) is 10.00 Å². The van der Waals surface area contributed by atoms with Gasteiger partial charge < -0.3 is 10.1 Å². The van der Waals surface area contributed by atoms with Gasteiger partial charge in [0.15, 0.2) is 11.6 Å². The summed E-state index contributed by atoms with van der Waals surface area (Å²) in [5.41, 5.74) is 1.29. The molecule has 0 bridgehead atoms. The van der Waals surface area contributed by atoms with Crippen LogP contribution < -0.4 is 10.1 Å². The molecule has 0 saturated carbocycles. The molecule has 0 atom stereocenters. The number of ether oxygens (including phenoxy) is 1. The zero-order valence-electron chi connectivity index (χ0n) is 12.2. The van der Waals surface area contributed by atoms with Gasteiger partial charge in [0.25, 0.3) is 5.91 Å². The van der Waals surface area contributed by atoms with E-state index < -0.39 is 0 Å². The number of carbonyl (C=O) groups is 1. The van der Waals surface area contributed by atoms with Crippen molar-refractivity contribution in [2.75, 3.05) is 11.9 Å². The number of nitriles is 1. The molecule has 2 heterocycles.